The summed E-state index contributed by atoms with van der Waals surface area (Å²) >= 11 is 8.03. The Hall–Kier alpha value is -3.15. The molecule has 1 aliphatic rings. The maximum atomic E-state index is 12.6. The monoisotopic (exact) mass is 631 g/mol. The lowest BCUT2D eigenvalue weighted by Crippen LogP contribution is -2.19. The summed E-state index contributed by atoms with van der Waals surface area (Å²) in [5.74, 6) is 0.841. The minimum absolute atomic E-state index is 0.0543. The van der Waals surface area contributed by atoms with Crippen molar-refractivity contribution in [1.82, 2.24) is 5.32 Å². The van der Waals surface area contributed by atoms with Gasteiger partial charge in [-0.3, -0.25) is 14.9 Å². The van der Waals surface area contributed by atoms with E-state index in [4.69, 9.17) is 9.47 Å². The third-order valence-electron chi connectivity index (χ3n) is 4.87. The Morgan fingerprint density at radius 2 is 1.86 bits per heavy atom. The van der Waals surface area contributed by atoms with Crippen molar-refractivity contribution < 1.29 is 19.2 Å². The zero-order chi connectivity index (χ0) is 25.7. The van der Waals surface area contributed by atoms with Crippen molar-refractivity contribution in [3.8, 4) is 11.5 Å². The van der Waals surface area contributed by atoms with Crippen LogP contribution in [0.25, 0.3) is 6.08 Å². The van der Waals surface area contributed by atoms with Gasteiger partial charge in [0.05, 0.1) is 31.1 Å². The van der Waals surface area contributed by atoms with Crippen LogP contribution in [0.4, 0.5) is 11.4 Å². The van der Waals surface area contributed by atoms with Crippen LogP contribution in [0.3, 0.4) is 0 Å². The van der Waals surface area contributed by atoms with Gasteiger partial charge in [0.2, 0.25) is 0 Å². The van der Waals surface area contributed by atoms with Gasteiger partial charge in [0.15, 0.2) is 16.7 Å². The number of amides is 1. The maximum absolute atomic E-state index is 12.6. The molecular formula is C25H19Br2N3O5S. The SMILES string of the molecule is CCOc1cc(/C=C2/SC(=Nc3ccc([N+](=O)[O-])cc3Br)NC2=O)cc(Br)c1OCc1ccccc1. The van der Waals surface area contributed by atoms with Crippen LogP contribution in [0.15, 0.2) is 79.5 Å². The van der Waals surface area contributed by atoms with E-state index in [9.17, 15) is 14.9 Å². The number of nitrogens with zero attached hydrogens (tertiary/aromatic N) is 2. The number of carbonyl (C=O) groups excluding carboxylic acids is 1. The Morgan fingerprint density at radius 1 is 1.08 bits per heavy atom. The van der Waals surface area contributed by atoms with Gasteiger partial charge in [-0.15, -0.1) is 0 Å². The van der Waals surface area contributed by atoms with Gasteiger partial charge in [-0.2, -0.15) is 0 Å². The molecule has 0 aromatic heterocycles. The molecule has 36 heavy (non-hydrogen) atoms. The molecule has 1 N–H and O–H groups in total. The van der Waals surface area contributed by atoms with Gasteiger partial charge in [-0.05, 0) is 85.9 Å². The molecule has 0 atom stereocenters. The molecule has 3 aromatic carbocycles. The topological polar surface area (TPSA) is 103 Å². The molecular weight excluding hydrogens is 614 g/mol. The number of hydrogen-bond acceptors (Lipinski definition) is 7. The van der Waals surface area contributed by atoms with Gasteiger partial charge in [0.1, 0.15) is 6.61 Å². The molecule has 184 valence electrons. The van der Waals surface area contributed by atoms with Crippen molar-refractivity contribution in [2.75, 3.05) is 6.61 Å². The molecule has 1 fully saturated rings. The lowest BCUT2D eigenvalue weighted by molar-refractivity contribution is -0.384. The molecule has 0 spiro atoms. The van der Waals surface area contributed by atoms with Gasteiger partial charge in [-0.25, -0.2) is 4.99 Å². The van der Waals surface area contributed by atoms with Crippen molar-refractivity contribution in [2.24, 2.45) is 4.99 Å². The number of benzene rings is 3. The van der Waals surface area contributed by atoms with Gasteiger partial charge < -0.3 is 14.8 Å². The molecule has 1 saturated heterocycles. The highest BCUT2D eigenvalue weighted by atomic mass is 79.9. The van der Waals surface area contributed by atoms with Gasteiger partial charge in [0, 0.05) is 12.1 Å². The molecule has 0 saturated carbocycles. The second-order valence-electron chi connectivity index (χ2n) is 7.41. The summed E-state index contributed by atoms with van der Waals surface area (Å²) in [5.41, 5.74) is 2.18. The van der Waals surface area contributed by atoms with Crippen LogP contribution >= 0.6 is 43.6 Å². The molecule has 0 unspecified atom stereocenters. The summed E-state index contributed by atoms with van der Waals surface area (Å²) in [5, 5.41) is 14.0. The Balaban J connectivity index is 1.56. The molecule has 0 bridgehead atoms. The zero-order valence-electron chi connectivity index (χ0n) is 18.9. The minimum Gasteiger partial charge on any atom is -0.490 e. The molecule has 8 nitrogen and oxygen atoms in total. The predicted octanol–water partition coefficient (Wildman–Crippen LogP) is 6.99. The molecule has 1 heterocycles. The summed E-state index contributed by atoms with van der Waals surface area (Å²) in [7, 11) is 0. The third kappa shape index (κ3) is 6.34. The second kappa shape index (κ2) is 11.7. The number of carbonyl (C=O) groups is 1. The van der Waals surface area contributed by atoms with E-state index in [1.165, 1.54) is 30.0 Å². The quantitative estimate of drug-likeness (QED) is 0.163. The maximum Gasteiger partial charge on any atom is 0.270 e. The number of amidine groups is 1. The average Bonchev–Trinajstić information content (AvgIpc) is 3.19. The number of ether oxygens (including phenoxy) is 2. The van der Waals surface area contributed by atoms with Crippen molar-refractivity contribution in [3.05, 3.63) is 95.8 Å². The standard InChI is InChI=1S/C25H19Br2N3O5S/c1-2-34-21-11-16(10-19(27)23(21)35-14-15-6-4-3-5-7-15)12-22-24(31)29-25(36-22)28-20-9-8-17(30(32)33)13-18(20)26/h3-13H,2,14H2,1H3,(H,28,29,31)/b22-12+. The first-order chi connectivity index (χ1) is 17.3. The number of rotatable bonds is 8. The predicted molar refractivity (Wildman–Crippen MR) is 148 cm³/mol. The van der Waals surface area contributed by atoms with E-state index in [-0.39, 0.29) is 11.6 Å². The Kier molecular flexibility index (Phi) is 8.44. The smallest absolute Gasteiger partial charge is 0.270 e. The van der Waals surface area contributed by atoms with Gasteiger partial charge in [-0.1, -0.05) is 30.3 Å². The highest BCUT2D eigenvalue weighted by molar-refractivity contribution is 9.11. The molecule has 0 aliphatic carbocycles. The van der Waals surface area contributed by atoms with Crippen LogP contribution in [0.1, 0.15) is 18.1 Å². The lowest BCUT2D eigenvalue weighted by Gasteiger charge is -2.15. The molecule has 11 heteroatoms. The number of halogens is 2. The van der Waals surface area contributed by atoms with Crippen LogP contribution in [0, 0.1) is 10.1 Å². The highest BCUT2D eigenvalue weighted by Crippen LogP contribution is 2.39. The van der Waals surface area contributed by atoms with Crippen molar-refractivity contribution in [1.29, 1.82) is 0 Å². The fraction of sp³-hybridized carbons (Fsp3) is 0.120. The summed E-state index contributed by atoms with van der Waals surface area (Å²) in [6.07, 6.45) is 1.74. The third-order valence-corrected chi connectivity index (χ3v) is 7.00. The first-order valence-corrected chi connectivity index (χ1v) is 13.1. The first kappa shape index (κ1) is 25.9. The molecule has 3 aromatic rings. The summed E-state index contributed by atoms with van der Waals surface area (Å²) in [6, 6.07) is 17.7. The van der Waals surface area contributed by atoms with Crippen LogP contribution in [-0.2, 0) is 11.4 Å². The molecule has 0 radical (unpaired) electrons. The van der Waals surface area contributed by atoms with Crippen LogP contribution < -0.4 is 14.8 Å². The fourth-order valence-corrected chi connectivity index (χ4v) is 5.11. The molecule has 1 amide bonds. The van der Waals surface area contributed by atoms with Crippen molar-refractivity contribution in [2.45, 2.75) is 13.5 Å². The van der Waals surface area contributed by atoms with Gasteiger partial charge >= 0.3 is 0 Å². The Labute approximate surface area is 228 Å². The molecule has 4 rings (SSSR count). The Morgan fingerprint density at radius 3 is 2.56 bits per heavy atom. The second-order valence-corrected chi connectivity index (χ2v) is 10.2. The summed E-state index contributed by atoms with van der Waals surface area (Å²) in [4.78, 5) is 27.9. The zero-order valence-corrected chi connectivity index (χ0v) is 22.9. The Bertz CT molecular complexity index is 1380. The number of nitrogens with one attached hydrogen (secondary N) is 1. The number of thioether (sulfide) groups is 1. The molecule has 1 aliphatic heterocycles. The number of nitro benzene ring substituents is 1. The number of nitro groups is 1. The van der Waals surface area contributed by atoms with E-state index in [0.717, 1.165) is 11.1 Å². The van der Waals surface area contributed by atoms with Crippen LogP contribution in [0.5, 0.6) is 11.5 Å². The highest BCUT2D eigenvalue weighted by Gasteiger charge is 2.25. The average molecular weight is 633 g/mol. The van der Waals surface area contributed by atoms with Gasteiger partial charge in [0.25, 0.3) is 11.6 Å². The van der Waals surface area contributed by atoms with E-state index in [1.807, 2.05) is 49.4 Å². The largest absolute Gasteiger partial charge is 0.490 e. The van der Waals surface area contributed by atoms with E-state index >= 15 is 0 Å². The van der Waals surface area contributed by atoms with E-state index in [1.54, 1.807) is 6.08 Å². The summed E-state index contributed by atoms with van der Waals surface area (Å²) < 4.78 is 13.0. The lowest BCUT2D eigenvalue weighted by atomic mass is 10.1. The number of aliphatic imine (C=N–C) groups is 1. The van der Waals surface area contributed by atoms with Crippen LogP contribution in [0.2, 0.25) is 0 Å². The minimum atomic E-state index is -0.485. The number of hydrogen-bond donors (Lipinski definition) is 1. The van der Waals surface area contributed by atoms with Crippen LogP contribution in [-0.4, -0.2) is 22.6 Å². The van der Waals surface area contributed by atoms with Crippen molar-refractivity contribution in [3.63, 3.8) is 0 Å². The normalized spacial score (nSPS) is 15.2. The van der Waals surface area contributed by atoms with E-state index in [0.29, 0.717) is 49.4 Å². The summed E-state index contributed by atoms with van der Waals surface area (Å²) in [6.45, 7) is 2.72. The number of non-ortho nitro benzene ring substituents is 1. The van der Waals surface area contributed by atoms with Crippen molar-refractivity contribution >= 4 is 72.1 Å². The fourth-order valence-electron chi connectivity index (χ4n) is 3.25. The van der Waals surface area contributed by atoms with E-state index in [2.05, 4.69) is 42.2 Å². The van der Waals surface area contributed by atoms with E-state index < -0.39 is 4.92 Å². The first-order valence-electron chi connectivity index (χ1n) is 10.7.